The van der Waals surface area contributed by atoms with Crippen molar-refractivity contribution in [2.75, 3.05) is 73.9 Å². The van der Waals surface area contributed by atoms with Crippen LogP contribution >= 0.6 is 54.4 Å². The maximum Gasteiger partial charge on any atom is 2.00 e. The normalized spacial score (nSPS) is 10.1. The van der Waals surface area contributed by atoms with Crippen LogP contribution in [0.1, 0.15) is 258 Å². The fraction of sp³-hybridized carbons (Fsp3) is 0.571. The number of hydrogen-bond donors (Lipinski definition) is 0. The molecule has 0 fully saturated rings. The molecule has 0 saturated heterocycles. The number of nitrogens with zero attached hydrogens (tertiary/aromatic N) is 2. The van der Waals surface area contributed by atoms with Crippen molar-refractivity contribution in [1.82, 2.24) is 9.97 Å². The van der Waals surface area contributed by atoms with E-state index in [9.17, 15) is 0 Å². The zero-order chi connectivity index (χ0) is 67.9. The van der Waals surface area contributed by atoms with Crippen molar-refractivity contribution in [3.8, 4) is 44.6 Å². The number of unbranched alkanes of at least 4 members (excludes halogenated alkanes) is 12. The third kappa shape index (κ3) is 49.3. The van der Waals surface area contributed by atoms with Crippen molar-refractivity contribution in [2.45, 2.75) is 237 Å². The van der Waals surface area contributed by atoms with E-state index < -0.39 is 0 Å². The number of aromatic nitrogens is 2. The smallest absolute Gasteiger partial charge is 0.366 e. The second-order valence-electron chi connectivity index (χ2n) is 24.2. The second-order valence-corrected chi connectivity index (χ2v) is 38.4. The van der Waals surface area contributed by atoms with E-state index in [0.717, 1.165) is 52.8 Å². The Hall–Kier alpha value is -2.26. The summed E-state index contributed by atoms with van der Waals surface area (Å²) in [5.41, 5.74) is 5.33. The molecule has 6 aromatic rings. The summed E-state index contributed by atoms with van der Waals surface area (Å²) in [6.45, 7) is 27.8. The van der Waals surface area contributed by atoms with Gasteiger partial charge in [0.2, 0.25) is 0 Å². The van der Waals surface area contributed by atoms with Crippen LogP contribution in [0.25, 0.3) is 31.9 Å². The Morgan fingerprint density at radius 1 is 0.287 bits per heavy atom. The standard InChI is InChI=1S/C20H8N2S2.4C12H27P.2C8H5.2Pt/c1-3-13-5-9-17(23-13)15-7-8-16(18-10-6-14(4-2)24-18)20-19(15)21-11-12-22-20;4*1-4-7-10-13(11-8-5-2)12-9-6-3;2*1-2-8-6-4-3-5-7-8;;/h5-12H;4*4-12H2,1-3H3;2*3-7H;;/q-2;;;;;2*-1;2*+2/p+4. The summed E-state index contributed by atoms with van der Waals surface area (Å²) in [6, 6.07) is 30.6. The molecule has 0 amide bonds. The van der Waals surface area contributed by atoms with Crippen LogP contribution in [0.15, 0.2) is 109 Å². The summed E-state index contributed by atoms with van der Waals surface area (Å²) in [6.07, 6.45) is 84.9. The van der Waals surface area contributed by atoms with E-state index in [0.29, 0.717) is 0 Å². The summed E-state index contributed by atoms with van der Waals surface area (Å²) in [7, 11) is 0.270. The van der Waals surface area contributed by atoms with Gasteiger partial charge in [0, 0.05) is 65.0 Å². The molecular formula is C84H130N2P4Pt2S2+4. The van der Waals surface area contributed by atoms with Gasteiger partial charge in [0.15, 0.2) is 0 Å². The van der Waals surface area contributed by atoms with Crippen molar-refractivity contribution in [2.24, 2.45) is 0 Å². The minimum Gasteiger partial charge on any atom is -0.366 e. The Morgan fingerprint density at radius 3 is 0.660 bits per heavy atom. The molecule has 10 heteroatoms. The van der Waals surface area contributed by atoms with Crippen molar-refractivity contribution in [3.63, 3.8) is 0 Å². The number of hydrogen-bond acceptors (Lipinski definition) is 4. The van der Waals surface area contributed by atoms with Crippen molar-refractivity contribution in [1.29, 1.82) is 0 Å². The molecule has 3 aromatic heterocycles. The maximum absolute atomic E-state index is 7.26. The Balaban J connectivity index is -0.00000106. The van der Waals surface area contributed by atoms with E-state index in [1.54, 1.807) is 86.3 Å². The van der Waals surface area contributed by atoms with Crippen LogP contribution in [-0.2, 0) is 42.1 Å². The first-order valence-corrected chi connectivity index (χ1v) is 46.8. The Bertz CT molecular complexity index is 2460. The first-order chi connectivity index (χ1) is 45.0. The first-order valence-electron chi connectivity index (χ1n) is 36.6. The van der Waals surface area contributed by atoms with E-state index in [-0.39, 0.29) is 73.8 Å². The van der Waals surface area contributed by atoms with Gasteiger partial charge < -0.3 is 25.7 Å². The molecule has 0 aliphatic carbocycles. The van der Waals surface area contributed by atoms with E-state index in [1.165, 1.54) is 177 Å². The number of benzene rings is 3. The minimum absolute atomic E-state index is 0. The number of thiophene rings is 2. The van der Waals surface area contributed by atoms with Gasteiger partial charge in [0.05, 0.1) is 85.0 Å². The largest absolute Gasteiger partial charge is 2.00 e. The van der Waals surface area contributed by atoms with Crippen LogP contribution in [0, 0.1) is 49.4 Å². The summed E-state index contributed by atoms with van der Waals surface area (Å²) in [4.78, 5) is 12.7. The maximum atomic E-state index is 7.26. The average molecular weight is 1750 g/mol. The van der Waals surface area contributed by atoms with E-state index in [2.05, 4.69) is 117 Å². The molecular weight excluding hydrogens is 1620 g/mol. The van der Waals surface area contributed by atoms with Gasteiger partial charge in [0.25, 0.3) is 0 Å². The van der Waals surface area contributed by atoms with Gasteiger partial charge in [-0.3, -0.25) is 33.6 Å². The molecule has 524 valence electrons. The van der Waals surface area contributed by atoms with Gasteiger partial charge in [-0.15, -0.1) is 47.5 Å². The SMILES string of the molecule is CCCC[PH+](CCCC)CCCC.CCCC[PH+](CCCC)CCCC.CCCC[PH+](CCCC)CCCC.CCCC[PH+](CCCC)CCCC.[C-]#Cc1ccc(-c2ccc(-c3ccc(C#[C-])s3)c3nccnc23)s1.[C-]#Cc1ccccc1.[C-]#Cc1ccccc1.[Pt+2].[Pt+2]. The third-order valence-corrected chi connectivity index (χ3v) is 30.9. The van der Waals surface area contributed by atoms with Crippen LogP contribution in [-0.4, -0.2) is 83.9 Å². The van der Waals surface area contributed by atoms with Gasteiger partial charge in [-0.1, -0.05) is 231 Å². The summed E-state index contributed by atoms with van der Waals surface area (Å²) in [5, 5.41) is 0. The number of rotatable bonds is 38. The van der Waals surface area contributed by atoms with Crippen LogP contribution in [0.5, 0.6) is 0 Å². The summed E-state index contributed by atoms with van der Waals surface area (Å²) in [5.74, 6) is 9.40. The average Bonchev–Trinajstić information content (AvgIpc) is 1.39. The zero-order valence-corrected chi connectivity index (χ0v) is 71.4. The second kappa shape index (κ2) is 70.6. The first kappa shape index (κ1) is 95.9. The monoisotopic (exact) mass is 1740 g/mol. The molecule has 3 heterocycles. The topological polar surface area (TPSA) is 25.8 Å². The fourth-order valence-corrected chi connectivity index (χ4v) is 25.1. The molecule has 0 spiro atoms. The van der Waals surface area contributed by atoms with Gasteiger partial charge in [0.1, 0.15) is 0 Å². The van der Waals surface area contributed by atoms with Crippen LogP contribution in [0.2, 0.25) is 0 Å². The fourth-order valence-electron chi connectivity index (χ4n) is 10.2. The molecule has 0 atom stereocenters. The van der Waals surface area contributed by atoms with Crippen LogP contribution in [0.3, 0.4) is 0 Å². The van der Waals surface area contributed by atoms with E-state index >= 15 is 0 Å². The van der Waals surface area contributed by atoms with Gasteiger partial charge in [-0.2, -0.15) is 0 Å². The summed E-state index contributed by atoms with van der Waals surface area (Å²) >= 11 is 3.02. The van der Waals surface area contributed by atoms with E-state index in [4.69, 9.17) is 25.7 Å². The molecule has 0 radical (unpaired) electrons. The van der Waals surface area contributed by atoms with Gasteiger partial charge in [-0.05, 0) is 77.0 Å². The molecule has 0 saturated carbocycles. The molecule has 2 nitrogen and oxygen atoms in total. The van der Waals surface area contributed by atoms with Gasteiger partial charge in [-0.25, -0.2) is 22.7 Å². The quantitative estimate of drug-likeness (QED) is 0.0219. The molecule has 0 N–H and O–H groups in total. The molecule has 0 aliphatic rings. The van der Waals surface area contributed by atoms with Gasteiger partial charge >= 0.3 is 42.1 Å². The van der Waals surface area contributed by atoms with E-state index in [1.807, 2.05) is 97.1 Å². The van der Waals surface area contributed by atoms with Crippen LogP contribution in [0.4, 0.5) is 0 Å². The summed E-state index contributed by atoms with van der Waals surface area (Å²) < 4.78 is 0. The minimum atomic E-state index is 0. The molecule has 0 aliphatic heterocycles. The predicted molar refractivity (Wildman–Crippen MR) is 435 cm³/mol. The Kier molecular flexibility index (Phi) is 72.0. The molecule has 0 unspecified atom stereocenters. The molecule has 94 heavy (non-hydrogen) atoms. The van der Waals surface area contributed by atoms with Crippen molar-refractivity contribution in [3.05, 3.63) is 156 Å². The molecule has 3 aromatic carbocycles. The van der Waals surface area contributed by atoms with Crippen LogP contribution < -0.4 is 0 Å². The predicted octanol–water partition coefficient (Wildman–Crippen LogP) is 26.6. The van der Waals surface area contributed by atoms with Crippen molar-refractivity contribution < 1.29 is 42.1 Å². The molecule has 6 rings (SSSR count). The Morgan fingerprint density at radius 2 is 0.500 bits per heavy atom. The third-order valence-electron chi connectivity index (χ3n) is 16.1. The Labute approximate surface area is 623 Å². The zero-order valence-electron chi connectivity index (χ0n) is 61.2. The van der Waals surface area contributed by atoms with Crippen molar-refractivity contribution >= 4 is 65.4 Å². The number of fused-ring (bicyclic) bond motifs is 1. The molecule has 0 bridgehead atoms.